The number of nitrogens with two attached hydrogens (primary N) is 1. The molecular weight excluding hydrogens is 214 g/mol. The second-order valence-corrected chi connectivity index (χ2v) is 4.68. The van der Waals surface area contributed by atoms with Crippen LogP contribution >= 0.6 is 0 Å². The first kappa shape index (κ1) is 11.9. The fourth-order valence-electron chi connectivity index (χ4n) is 2.42. The second kappa shape index (κ2) is 4.75. The lowest BCUT2D eigenvalue weighted by molar-refractivity contribution is -0.124. The summed E-state index contributed by atoms with van der Waals surface area (Å²) < 4.78 is 0. The Morgan fingerprint density at radius 2 is 2.18 bits per heavy atom. The van der Waals surface area contributed by atoms with Gasteiger partial charge in [-0.25, -0.2) is 0 Å². The van der Waals surface area contributed by atoms with E-state index in [9.17, 15) is 4.79 Å². The Morgan fingerprint density at radius 3 is 2.76 bits per heavy atom. The van der Waals surface area contributed by atoms with Gasteiger partial charge < -0.3 is 16.4 Å². The Morgan fingerprint density at radius 1 is 1.47 bits per heavy atom. The smallest absolute Gasteiger partial charge is 0.243 e. The number of carbonyl (C=O) groups excluding carboxylic acids is 1. The van der Waals surface area contributed by atoms with Gasteiger partial charge >= 0.3 is 0 Å². The van der Waals surface area contributed by atoms with Gasteiger partial charge in [0.05, 0.1) is 0 Å². The van der Waals surface area contributed by atoms with Gasteiger partial charge in [0.15, 0.2) is 0 Å². The van der Waals surface area contributed by atoms with Crippen molar-refractivity contribution in [2.45, 2.75) is 18.9 Å². The highest BCUT2D eigenvalue weighted by atomic mass is 16.1. The lowest BCUT2D eigenvalue weighted by atomic mass is 9.78. The number of rotatable bonds is 3. The molecule has 1 heterocycles. The van der Waals surface area contributed by atoms with Crippen molar-refractivity contribution in [1.29, 1.82) is 0 Å². The average Bonchev–Trinajstić information content (AvgIpc) is 2.33. The van der Waals surface area contributed by atoms with Crippen LogP contribution < -0.4 is 16.4 Å². The summed E-state index contributed by atoms with van der Waals surface area (Å²) in [5.41, 5.74) is 5.92. The molecule has 2 unspecified atom stereocenters. The number of primary amides is 1. The van der Waals surface area contributed by atoms with Crippen LogP contribution in [-0.2, 0) is 4.79 Å². The van der Waals surface area contributed by atoms with Crippen molar-refractivity contribution < 1.29 is 4.79 Å². The third-order valence-corrected chi connectivity index (χ3v) is 3.57. The first-order valence-corrected chi connectivity index (χ1v) is 5.99. The summed E-state index contributed by atoms with van der Waals surface area (Å²) in [6, 6.07) is 9.76. The van der Waals surface area contributed by atoms with Crippen molar-refractivity contribution >= 4 is 11.6 Å². The van der Waals surface area contributed by atoms with Crippen LogP contribution in [0, 0.1) is 5.92 Å². The first-order chi connectivity index (χ1) is 8.15. The summed E-state index contributed by atoms with van der Waals surface area (Å²) >= 11 is 0. The van der Waals surface area contributed by atoms with E-state index in [1.807, 2.05) is 37.3 Å². The molecule has 1 amide bonds. The molecule has 17 heavy (non-hydrogen) atoms. The molecule has 1 aliphatic heterocycles. The maximum Gasteiger partial charge on any atom is 0.243 e. The minimum Gasteiger partial charge on any atom is -0.371 e. The van der Waals surface area contributed by atoms with E-state index < -0.39 is 5.54 Å². The number of nitrogens with one attached hydrogen (secondary N) is 2. The van der Waals surface area contributed by atoms with Crippen LogP contribution in [0.15, 0.2) is 30.3 Å². The molecular formula is C13H19N3O. The Kier molecular flexibility index (Phi) is 3.33. The van der Waals surface area contributed by atoms with Crippen molar-refractivity contribution in [3.05, 3.63) is 30.3 Å². The Bertz CT molecular complexity index is 393. The van der Waals surface area contributed by atoms with Gasteiger partial charge in [0, 0.05) is 18.2 Å². The molecule has 2 rings (SSSR count). The van der Waals surface area contributed by atoms with Crippen molar-refractivity contribution in [1.82, 2.24) is 5.32 Å². The molecule has 0 aromatic heterocycles. The third-order valence-electron chi connectivity index (χ3n) is 3.57. The van der Waals surface area contributed by atoms with Crippen molar-refractivity contribution in [3.63, 3.8) is 0 Å². The minimum absolute atomic E-state index is 0.175. The van der Waals surface area contributed by atoms with Gasteiger partial charge in [-0.3, -0.25) is 4.79 Å². The van der Waals surface area contributed by atoms with Crippen molar-refractivity contribution in [2.24, 2.45) is 11.7 Å². The number of anilines is 1. The zero-order chi connectivity index (χ0) is 12.3. The van der Waals surface area contributed by atoms with Crippen molar-refractivity contribution in [3.8, 4) is 0 Å². The van der Waals surface area contributed by atoms with E-state index in [0.29, 0.717) is 0 Å². The molecule has 4 heteroatoms. The van der Waals surface area contributed by atoms with Gasteiger partial charge in [0.2, 0.25) is 5.91 Å². The van der Waals surface area contributed by atoms with Gasteiger partial charge in [-0.15, -0.1) is 0 Å². The van der Waals surface area contributed by atoms with Crippen LogP contribution in [0.5, 0.6) is 0 Å². The normalized spacial score (nSPS) is 28.6. The Balaban J connectivity index is 2.25. The lowest BCUT2D eigenvalue weighted by Crippen LogP contribution is -2.61. The maximum atomic E-state index is 11.8. The zero-order valence-corrected chi connectivity index (χ0v) is 10.1. The largest absolute Gasteiger partial charge is 0.371 e. The average molecular weight is 233 g/mol. The fraction of sp³-hybridized carbons (Fsp3) is 0.462. The van der Waals surface area contributed by atoms with Crippen LogP contribution in [0.2, 0.25) is 0 Å². The van der Waals surface area contributed by atoms with E-state index in [1.165, 1.54) is 0 Å². The molecule has 1 aliphatic rings. The summed E-state index contributed by atoms with van der Waals surface area (Å²) in [6.45, 7) is 3.67. The highest BCUT2D eigenvalue weighted by Crippen LogP contribution is 2.28. The molecule has 1 fully saturated rings. The predicted octanol–water partition coefficient (Wildman–Crippen LogP) is 0.952. The van der Waals surface area contributed by atoms with E-state index >= 15 is 0 Å². The summed E-state index contributed by atoms with van der Waals surface area (Å²) in [5.74, 6) is -0.0932. The molecule has 1 aromatic carbocycles. The van der Waals surface area contributed by atoms with Crippen LogP contribution in [-0.4, -0.2) is 24.5 Å². The van der Waals surface area contributed by atoms with Gasteiger partial charge in [-0.05, 0) is 25.1 Å². The van der Waals surface area contributed by atoms with Crippen LogP contribution in [0.25, 0.3) is 0 Å². The standard InChI is InChI=1S/C13H19N3O/c1-10-9-15-8-7-13(10,12(14)17)16-11-5-3-2-4-6-11/h2-6,10,15-16H,7-9H2,1H3,(H2,14,17). The monoisotopic (exact) mass is 233 g/mol. The maximum absolute atomic E-state index is 11.8. The number of benzene rings is 1. The first-order valence-electron chi connectivity index (χ1n) is 5.99. The molecule has 1 saturated heterocycles. The molecule has 0 radical (unpaired) electrons. The molecule has 4 nitrogen and oxygen atoms in total. The van der Waals surface area contributed by atoms with Crippen LogP contribution in [0.3, 0.4) is 0 Å². The highest BCUT2D eigenvalue weighted by molar-refractivity contribution is 5.88. The Labute approximate surface area is 102 Å². The molecule has 0 saturated carbocycles. The third kappa shape index (κ3) is 2.26. The predicted molar refractivity (Wildman–Crippen MR) is 68.6 cm³/mol. The van der Waals surface area contributed by atoms with E-state index in [1.54, 1.807) is 0 Å². The molecule has 2 atom stereocenters. The number of para-hydroxylation sites is 1. The van der Waals surface area contributed by atoms with E-state index in [0.717, 1.165) is 25.2 Å². The van der Waals surface area contributed by atoms with Crippen LogP contribution in [0.4, 0.5) is 5.69 Å². The second-order valence-electron chi connectivity index (χ2n) is 4.68. The SMILES string of the molecule is CC1CNCCC1(Nc1ccccc1)C(N)=O. The molecule has 0 spiro atoms. The quantitative estimate of drug-likeness (QED) is 0.728. The number of hydrogen-bond acceptors (Lipinski definition) is 3. The molecule has 0 aliphatic carbocycles. The number of carbonyl (C=O) groups is 1. The summed E-state index contributed by atoms with van der Waals surface area (Å²) in [5, 5.41) is 6.61. The van der Waals surface area contributed by atoms with E-state index in [4.69, 9.17) is 5.73 Å². The molecule has 4 N–H and O–H groups in total. The van der Waals surface area contributed by atoms with Gasteiger partial charge in [-0.2, -0.15) is 0 Å². The van der Waals surface area contributed by atoms with E-state index in [-0.39, 0.29) is 11.8 Å². The van der Waals surface area contributed by atoms with Gasteiger partial charge in [0.25, 0.3) is 0 Å². The van der Waals surface area contributed by atoms with Crippen LogP contribution in [0.1, 0.15) is 13.3 Å². The van der Waals surface area contributed by atoms with Gasteiger partial charge in [0.1, 0.15) is 5.54 Å². The minimum atomic E-state index is -0.632. The van der Waals surface area contributed by atoms with Crippen molar-refractivity contribution in [2.75, 3.05) is 18.4 Å². The Hall–Kier alpha value is -1.55. The molecule has 92 valence electrons. The topological polar surface area (TPSA) is 67.2 Å². The number of amides is 1. The summed E-state index contributed by atoms with van der Waals surface area (Å²) in [4.78, 5) is 11.8. The lowest BCUT2D eigenvalue weighted by Gasteiger charge is -2.41. The molecule has 1 aromatic rings. The number of piperidine rings is 1. The number of hydrogen-bond donors (Lipinski definition) is 3. The molecule has 0 bridgehead atoms. The van der Waals surface area contributed by atoms with Gasteiger partial charge in [-0.1, -0.05) is 25.1 Å². The highest BCUT2D eigenvalue weighted by Gasteiger charge is 2.43. The van der Waals surface area contributed by atoms with E-state index in [2.05, 4.69) is 10.6 Å². The zero-order valence-electron chi connectivity index (χ0n) is 10.1. The summed E-state index contributed by atoms with van der Waals surface area (Å²) in [6.07, 6.45) is 0.721. The summed E-state index contributed by atoms with van der Waals surface area (Å²) in [7, 11) is 0. The fourth-order valence-corrected chi connectivity index (χ4v) is 2.42.